The summed E-state index contributed by atoms with van der Waals surface area (Å²) in [5, 5.41) is 40.9. The van der Waals surface area contributed by atoms with E-state index < -0.39 is 46.0 Å². The van der Waals surface area contributed by atoms with Crippen molar-refractivity contribution in [1.29, 1.82) is 0 Å². The maximum atomic E-state index is 12.5. The van der Waals surface area contributed by atoms with E-state index in [0.717, 1.165) is 12.1 Å². The van der Waals surface area contributed by atoms with Crippen LogP contribution in [-0.2, 0) is 4.74 Å². The maximum Gasteiger partial charge on any atom is 0.341 e. The number of nitrogens with zero attached hydrogens (tertiary/aromatic N) is 3. The van der Waals surface area contributed by atoms with Gasteiger partial charge in [0.2, 0.25) is 0 Å². The van der Waals surface area contributed by atoms with Crippen molar-refractivity contribution in [3.8, 4) is 0 Å². The molecule has 0 aromatic heterocycles. The van der Waals surface area contributed by atoms with Crippen molar-refractivity contribution in [1.82, 2.24) is 0 Å². The third-order valence-corrected chi connectivity index (χ3v) is 3.16. The summed E-state index contributed by atoms with van der Waals surface area (Å²) in [7, 11) is 0. The Morgan fingerprint density at radius 2 is 1.65 bits per heavy atom. The quantitative estimate of drug-likeness (QED) is 0.390. The van der Waals surface area contributed by atoms with E-state index in [2.05, 4.69) is 0 Å². The first kappa shape index (κ1) is 21.3. The summed E-state index contributed by atoms with van der Waals surface area (Å²) >= 11 is 0. The van der Waals surface area contributed by atoms with Crippen molar-refractivity contribution in [2.24, 2.45) is 0 Å². The molecule has 0 aliphatic heterocycles. The van der Waals surface area contributed by atoms with E-state index in [1.165, 1.54) is 4.90 Å². The van der Waals surface area contributed by atoms with Gasteiger partial charge in [-0.3, -0.25) is 20.2 Å². The normalized spacial score (nSPS) is 11.1. The fourth-order valence-electron chi connectivity index (χ4n) is 2.25. The summed E-state index contributed by atoms with van der Waals surface area (Å²) in [4.78, 5) is 34.6. The molecule has 11 nitrogen and oxygen atoms in total. The number of aliphatic hydroxyl groups excluding tert-OH is 2. The first-order valence-electron chi connectivity index (χ1n) is 7.68. The zero-order chi connectivity index (χ0) is 20.1. The van der Waals surface area contributed by atoms with Crippen LogP contribution in [0.15, 0.2) is 12.1 Å². The Kier molecular flexibility index (Phi) is 6.98. The monoisotopic (exact) mass is 371 g/mol. The molecule has 26 heavy (non-hydrogen) atoms. The van der Waals surface area contributed by atoms with Crippen LogP contribution in [0.25, 0.3) is 0 Å². The number of non-ortho nitro benzene ring substituents is 1. The number of ether oxygens (including phenoxy) is 1. The van der Waals surface area contributed by atoms with Crippen LogP contribution in [0, 0.1) is 20.2 Å². The summed E-state index contributed by atoms with van der Waals surface area (Å²) in [6.07, 6.45) is 0. The molecule has 0 aliphatic carbocycles. The summed E-state index contributed by atoms with van der Waals surface area (Å²) in [6.45, 7) is 3.65. The zero-order valence-electron chi connectivity index (χ0n) is 14.7. The molecule has 2 N–H and O–H groups in total. The number of anilines is 1. The molecule has 0 saturated heterocycles. The highest BCUT2D eigenvalue weighted by Gasteiger charge is 2.32. The molecule has 0 heterocycles. The van der Waals surface area contributed by atoms with Gasteiger partial charge in [-0.1, -0.05) is 0 Å². The van der Waals surface area contributed by atoms with Crippen molar-refractivity contribution in [3.63, 3.8) is 0 Å². The van der Waals surface area contributed by atoms with Gasteiger partial charge in [0.15, 0.2) is 0 Å². The van der Waals surface area contributed by atoms with E-state index in [1.54, 1.807) is 20.8 Å². The largest absolute Gasteiger partial charge is 0.456 e. The molecule has 0 saturated carbocycles. The number of benzene rings is 1. The van der Waals surface area contributed by atoms with Crippen molar-refractivity contribution < 1.29 is 29.6 Å². The molecule has 0 aliphatic rings. The van der Waals surface area contributed by atoms with Crippen LogP contribution in [-0.4, -0.2) is 57.9 Å². The van der Waals surface area contributed by atoms with Gasteiger partial charge in [-0.2, -0.15) is 0 Å². The van der Waals surface area contributed by atoms with Gasteiger partial charge in [0, 0.05) is 19.2 Å². The maximum absolute atomic E-state index is 12.5. The van der Waals surface area contributed by atoms with Gasteiger partial charge in [0.05, 0.1) is 34.7 Å². The van der Waals surface area contributed by atoms with E-state index in [4.69, 9.17) is 4.74 Å². The Bertz CT molecular complexity index is 693. The highest BCUT2D eigenvalue weighted by Crippen LogP contribution is 2.37. The molecule has 144 valence electrons. The second-order valence-electron chi connectivity index (χ2n) is 6.31. The van der Waals surface area contributed by atoms with E-state index in [9.17, 15) is 35.2 Å². The van der Waals surface area contributed by atoms with Gasteiger partial charge in [-0.25, -0.2) is 4.79 Å². The number of rotatable bonds is 8. The van der Waals surface area contributed by atoms with Gasteiger partial charge >= 0.3 is 5.97 Å². The van der Waals surface area contributed by atoms with Gasteiger partial charge in [-0.15, -0.1) is 0 Å². The van der Waals surface area contributed by atoms with Crippen LogP contribution in [0.2, 0.25) is 0 Å². The minimum absolute atomic E-state index is 0.130. The minimum Gasteiger partial charge on any atom is -0.456 e. The molecule has 0 bridgehead atoms. The fraction of sp³-hybridized carbons (Fsp3) is 0.533. The van der Waals surface area contributed by atoms with Gasteiger partial charge in [-0.05, 0) is 20.8 Å². The number of carbonyl (C=O) groups is 1. The van der Waals surface area contributed by atoms with Gasteiger partial charge < -0.3 is 19.8 Å². The van der Waals surface area contributed by atoms with Crippen LogP contribution < -0.4 is 4.90 Å². The van der Waals surface area contributed by atoms with Crippen LogP contribution in [0.1, 0.15) is 31.1 Å². The Morgan fingerprint density at radius 1 is 1.12 bits per heavy atom. The van der Waals surface area contributed by atoms with E-state index >= 15 is 0 Å². The third kappa shape index (κ3) is 5.36. The third-order valence-electron chi connectivity index (χ3n) is 3.16. The fourth-order valence-corrected chi connectivity index (χ4v) is 2.25. The van der Waals surface area contributed by atoms with Crippen LogP contribution in [0.4, 0.5) is 17.1 Å². The highest BCUT2D eigenvalue weighted by atomic mass is 16.6. The number of hydrogen-bond acceptors (Lipinski definition) is 9. The van der Waals surface area contributed by atoms with E-state index in [0.29, 0.717) is 0 Å². The molecule has 0 amide bonds. The Balaban J connectivity index is 3.71. The van der Waals surface area contributed by atoms with Crippen molar-refractivity contribution in [2.75, 3.05) is 31.2 Å². The molecule has 1 aromatic carbocycles. The summed E-state index contributed by atoms with van der Waals surface area (Å²) in [6, 6.07) is 1.61. The number of nitro groups is 2. The standard InChI is InChI=1S/C15H21N3O8/c1-15(2,3)26-14(21)11-8-10(17(22)23)9-12(18(24)25)13(11)16(4-6-19)5-7-20/h8-9,19-20H,4-7H2,1-3H3. The number of esters is 1. The van der Waals surface area contributed by atoms with E-state index in [-0.39, 0.29) is 24.3 Å². The average molecular weight is 371 g/mol. The molecule has 0 unspecified atom stereocenters. The predicted molar refractivity (Wildman–Crippen MR) is 91.3 cm³/mol. The Labute approximate surface area is 149 Å². The first-order valence-corrected chi connectivity index (χ1v) is 7.68. The molecule has 0 spiro atoms. The zero-order valence-corrected chi connectivity index (χ0v) is 14.7. The smallest absolute Gasteiger partial charge is 0.341 e. The number of aliphatic hydroxyl groups is 2. The van der Waals surface area contributed by atoms with Gasteiger partial charge in [0.1, 0.15) is 11.3 Å². The molecule has 11 heteroatoms. The van der Waals surface area contributed by atoms with Gasteiger partial charge in [0.25, 0.3) is 11.4 Å². The van der Waals surface area contributed by atoms with Crippen LogP contribution in [0.3, 0.4) is 0 Å². The lowest BCUT2D eigenvalue weighted by Gasteiger charge is -2.26. The molecular weight excluding hydrogens is 350 g/mol. The second-order valence-corrected chi connectivity index (χ2v) is 6.31. The first-order chi connectivity index (χ1) is 12.0. The number of hydrogen-bond donors (Lipinski definition) is 2. The molecule has 1 aromatic rings. The minimum atomic E-state index is -0.986. The Hall–Kier alpha value is -2.79. The Morgan fingerprint density at radius 3 is 2.04 bits per heavy atom. The predicted octanol–water partition coefficient (Wildman–Crippen LogP) is 1.25. The van der Waals surface area contributed by atoms with Crippen molar-refractivity contribution in [2.45, 2.75) is 26.4 Å². The van der Waals surface area contributed by atoms with E-state index in [1.807, 2.05) is 0 Å². The highest BCUT2D eigenvalue weighted by molar-refractivity contribution is 5.99. The second kappa shape index (κ2) is 8.54. The van der Waals surface area contributed by atoms with Crippen LogP contribution in [0.5, 0.6) is 0 Å². The number of carbonyl (C=O) groups excluding carboxylic acids is 1. The lowest BCUT2D eigenvalue weighted by molar-refractivity contribution is -0.393. The summed E-state index contributed by atoms with van der Waals surface area (Å²) in [5.41, 5.74) is -2.91. The summed E-state index contributed by atoms with van der Waals surface area (Å²) < 4.78 is 5.20. The lowest BCUT2D eigenvalue weighted by atomic mass is 10.1. The number of nitro benzene ring substituents is 2. The average Bonchev–Trinajstić information content (AvgIpc) is 2.51. The van der Waals surface area contributed by atoms with Crippen molar-refractivity contribution >= 4 is 23.0 Å². The summed E-state index contributed by atoms with van der Waals surface area (Å²) in [5.74, 6) is -0.986. The topological polar surface area (TPSA) is 156 Å². The SMILES string of the molecule is CC(C)(C)OC(=O)c1cc([N+](=O)[O-])cc([N+](=O)[O-])c1N(CCO)CCO. The lowest BCUT2D eigenvalue weighted by Crippen LogP contribution is -2.33. The van der Waals surface area contributed by atoms with Crippen molar-refractivity contribution in [3.05, 3.63) is 37.9 Å². The molecule has 1 rings (SSSR count). The molecular formula is C15H21N3O8. The molecule has 0 radical (unpaired) electrons. The molecule has 0 fully saturated rings. The molecule has 0 atom stereocenters. The van der Waals surface area contributed by atoms with Crippen LogP contribution >= 0.6 is 0 Å².